The van der Waals surface area contributed by atoms with Gasteiger partial charge in [0.2, 0.25) is 0 Å². The Morgan fingerprint density at radius 1 is 0.750 bits per heavy atom. The van der Waals surface area contributed by atoms with Gasteiger partial charge in [-0.15, -0.1) is 0 Å². The number of hydrogen-bond acceptors (Lipinski definition) is 2. The molecular formula is C14H12O2. The summed E-state index contributed by atoms with van der Waals surface area (Å²) < 4.78 is 0. The molecule has 0 spiro atoms. The van der Waals surface area contributed by atoms with E-state index in [-0.39, 0.29) is 13.2 Å². The van der Waals surface area contributed by atoms with Crippen LogP contribution in [0.15, 0.2) is 36.4 Å². The van der Waals surface area contributed by atoms with Crippen LogP contribution in [-0.2, 0) is 0 Å². The molecular weight excluding hydrogens is 200 g/mol. The van der Waals surface area contributed by atoms with Gasteiger partial charge in [0.1, 0.15) is 0 Å². The van der Waals surface area contributed by atoms with E-state index in [0.717, 1.165) is 33.0 Å². The molecule has 2 N–H and O–H groups in total. The van der Waals surface area contributed by atoms with E-state index >= 15 is 0 Å². The minimum absolute atomic E-state index is 0.0241. The highest BCUT2D eigenvalue weighted by molar-refractivity contribution is 6.14. The normalized spacial score (nSPS) is 13.9. The Morgan fingerprint density at radius 3 is 1.69 bits per heavy atom. The number of aliphatic hydroxyl groups excluding tert-OH is 2. The van der Waals surface area contributed by atoms with Crippen LogP contribution in [0.4, 0.5) is 0 Å². The molecule has 0 amide bonds. The van der Waals surface area contributed by atoms with E-state index in [1.54, 1.807) is 0 Å². The molecule has 0 aromatic heterocycles. The largest absolute Gasteiger partial charge is 0.392 e. The predicted octanol–water partition coefficient (Wildman–Crippen LogP) is 2.05. The fourth-order valence-electron chi connectivity index (χ4n) is 2.53. The first-order valence-electron chi connectivity index (χ1n) is 5.33. The molecule has 80 valence electrons. The molecule has 16 heavy (non-hydrogen) atoms. The lowest BCUT2D eigenvalue weighted by Crippen LogP contribution is -1.93. The SMILES string of the molecule is OCC1=C(CO)c2cccc3cccc1c23. The smallest absolute Gasteiger partial charge is 0.0691 e. The van der Waals surface area contributed by atoms with Gasteiger partial charge < -0.3 is 10.2 Å². The van der Waals surface area contributed by atoms with Crippen LogP contribution < -0.4 is 0 Å². The first-order valence-corrected chi connectivity index (χ1v) is 5.33. The van der Waals surface area contributed by atoms with E-state index < -0.39 is 0 Å². The van der Waals surface area contributed by atoms with Gasteiger partial charge in [-0.2, -0.15) is 0 Å². The Kier molecular flexibility index (Phi) is 2.06. The van der Waals surface area contributed by atoms with E-state index in [1.807, 2.05) is 24.3 Å². The molecule has 0 unspecified atom stereocenters. The lowest BCUT2D eigenvalue weighted by molar-refractivity contribution is 0.341. The molecule has 0 bridgehead atoms. The summed E-state index contributed by atoms with van der Waals surface area (Å²) in [6, 6.07) is 12.1. The van der Waals surface area contributed by atoms with Crippen molar-refractivity contribution in [2.45, 2.75) is 0 Å². The van der Waals surface area contributed by atoms with Gasteiger partial charge in [-0.3, -0.25) is 0 Å². The molecule has 2 heteroatoms. The highest BCUT2D eigenvalue weighted by atomic mass is 16.3. The number of aliphatic hydroxyl groups is 2. The van der Waals surface area contributed by atoms with Crippen LogP contribution in [0.5, 0.6) is 0 Å². The average molecular weight is 212 g/mol. The van der Waals surface area contributed by atoms with Crippen LogP contribution in [0.25, 0.3) is 21.9 Å². The highest BCUT2D eigenvalue weighted by Gasteiger charge is 2.22. The van der Waals surface area contributed by atoms with Crippen molar-refractivity contribution in [1.82, 2.24) is 0 Å². The van der Waals surface area contributed by atoms with Crippen molar-refractivity contribution in [3.8, 4) is 0 Å². The van der Waals surface area contributed by atoms with Gasteiger partial charge in [-0.1, -0.05) is 36.4 Å². The summed E-state index contributed by atoms with van der Waals surface area (Å²) in [6.45, 7) is -0.0482. The summed E-state index contributed by atoms with van der Waals surface area (Å²) in [5.74, 6) is 0. The van der Waals surface area contributed by atoms with Crippen molar-refractivity contribution in [3.63, 3.8) is 0 Å². The number of rotatable bonds is 2. The summed E-state index contributed by atoms with van der Waals surface area (Å²) in [5, 5.41) is 21.2. The predicted molar refractivity (Wildman–Crippen MR) is 64.9 cm³/mol. The molecule has 0 fully saturated rings. The average Bonchev–Trinajstić information content (AvgIpc) is 2.65. The van der Waals surface area contributed by atoms with Crippen LogP contribution in [0.2, 0.25) is 0 Å². The van der Waals surface area contributed by atoms with E-state index in [9.17, 15) is 10.2 Å². The molecule has 1 aliphatic rings. The van der Waals surface area contributed by atoms with Gasteiger partial charge in [0, 0.05) is 0 Å². The van der Waals surface area contributed by atoms with Crippen molar-refractivity contribution >= 4 is 21.9 Å². The molecule has 3 rings (SSSR count). The Hall–Kier alpha value is -1.64. The van der Waals surface area contributed by atoms with Crippen LogP contribution in [-0.4, -0.2) is 23.4 Å². The molecule has 2 aromatic rings. The second-order valence-electron chi connectivity index (χ2n) is 3.98. The van der Waals surface area contributed by atoms with Gasteiger partial charge in [0.15, 0.2) is 0 Å². The zero-order chi connectivity index (χ0) is 11.1. The summed E-state index contributed by atoms with van der Waals surface area (Å²) in [7, 11) is 0. The van der Waals surface area contributed by atoms with Crippen molar-refractivity contribution in [1.29, 1.82) is 0 Å². The zero-order valence-corrected chi connectivity index (χ0v) is 8.77. The van der Waals surface area contributed by atoms with E-state index in [0.29, 0.717) is 0 Å². The topological polar surface area (TPSA) is 40.5 Å². The zero-order valence-electron chi connectivity index (χ0n) is 8.77. The summed E-state index contributed by atoms with van der Waals surface area (Å²) >= 11 is 0. The van der Waals surface area contributed by atoms with Crippen LogP contribution in [0.3, 0.4) is 0 Å². The summed E-state index contributed by atoms with van der Waals surface area (Å²) in [4.78, 5) is 0. The van der Waals surface area contributed by atoms with Crippen molar-refractivity contribution in [3.05, 3.63) is 47.5 Å². The highest BCUT2D eigenvalue weighted by Crippen LogP contribution is 2.41. The van der Waals surface area contributed by atoms with E-state index in [2.05, 4.69) is 12.1 Å². The van der Waals surface area contributed by atoms with E-state index in [4.69, 9.17) is 0 Å². The molecule has 0 saturated carbocycles. The molecule has 1 aliphatic carbocycles. The minimum Gasteiger partial charge on any atom is -0.392 e. The fraction of sp³-hybridized carbons (Fsp3) is 0.143. The fourth-order valence-corrected chi connectivity index (χ4v) is 2.53. The maximum absolute atomic E-state index is 9.42. The molecule has 2 nitrogen and oxygen atoms in total. The van der Waals surface area contributed by atoms with Gasteiger partial charge >= 0.3 is 0 Å². The Bertz CT molecular complexity index is 548. The standard InChI is InChI=1S/C14H12O2/c15-7-12-10-5-1-3-9-4-2-6-11(14(9)10)13(12)8-16/h1-6,15-16H,7-8H2. The minimum atomic E-state index is -0.0241. The number of hydrogen-bond donors (Lipinski definition) is 2. The maximum Gasteiger partial charge on any atom is 0.0691 e. The van der Waals surface area contributed by atoms with Crippen LogP contribution in [0, 0.1) is 0 Å². The molecule has 0 heterocycles. The summed E-state index contributed by atoms with van der Waals surface area (Å²) in [6.07, 6.45) is 0. The quantitative estimate of drug-likeness (QED) is 0.799. The first kappa shape index (κ1) is 9.58. The second kappa shape index (κ2) is 3.44. The third kappa shape index (κ3) is 1.08. The summed E-state index contributed by atoms with van der Waals surface area (Å²) in [5.41, 5.74) is 3.82. The van der Waals surface area contributed by atoms with Crippen LogP contribution in [0.1, 0.15) is 11.1 Å². The lowest BCUT2D eigenvalue weighted by atomic mass is 10.0. The third-order valence-electron chi connectivity index (χ3n) is 3.24. The first-order chi connectivity index (χ1) is 7.86. The van der Waals surface area contributed by atoms with E-state index in [1.165, 1.54) is 0 Å². The molecule has 0 aliphatic heterocycles. The van der Waals surface area contributed by atoms with Crippen molar-refractivity contribution in [2.75, 3.05) is 13.2 Å². The maximum atomic E-state index is 9.42. The van der Waals surface area contributed by atoms with Gasteiger partial charge in [0.05, 0.1) is 13.2 Å². The molecule has 2 aromatic carbocycles. The molecule has 0 radical (unpaired) electrons. The van der Waals surface area contributed by atoms with Gasteiger partial charge in [-0.25, -0.2) is 0 Å². The molecule has 0 atom stereocenters. The van der Waals surface area contributed by atoms with Gasteiger partial charge in [0.25, 0.3) is 0 Å². The van der Waals surface area contributed by atoms with Crippen molar-refractivity contribution in [2.24, 2.45) is 0 Å². The Balaban J connectivity index is 2.45. The number of benzene rings is 2. The van der Waals surface area contributed by atoms with Crippen molar-refractivity contribution < 1.29 is 10.2 Å². The third-order valence-corrected chi connectivity index (χ3v) is 3.24. The molecule has 0 saturated heterocycles. The monoisotopic (exact) mass is 212 g/mol. The second-order valence-corrected chi connectivity index (χ2v) is 3.98. The van der Waals surface area contributed by atoms with Gasteiger partial charge in [-0.05, 0) is 33.0 Å². The Morgan fingerprint density at radius 2 is 1.25 bits per heavy atom. The Labute approximate surface area is 93.5 Å². The van der Waals surface area contributed by atoms with Crippen LogP contribution >= 0.6 is 0 Å². The lowest BCUT2D eigenvalue weighted by Gasteiger charge is -2.02.